The van der Waals surface area contributed by atoms with Gasteiger partial charge in [0.2, 0.25) is 0 Å². The van der Waals surface area contributed by atoms with Crippen LogP contribution in [0, 0.1) is 0 Å². The van der Waals surface area contributed by atoms with Crippen LogP contribution in [0.2, 0.25) is 0 Å². The predicted molar refractivity (Wildman–Crippen MR) is 155 cm³/mol. The number of amides is 2. The van der Waals surface area contributed by atoms with Crippen molar-refractivity contribution in [3.05, 3.63) is 83.2 Å². The number of benzene rings is 2. The van der Waals surface area contributed by atoms with E-state index in [-0.39, 0.29) is 17.8 Å². The number of carbonyl (C=O) groups excluding carboxylic acids is 1. The number of urea groups is 1. The lowest BCUT2D eigenvalue weighted by atomic mass is 9.99. The van der Waals surface area contributed by atoms with E-state index in [1.165, 1.54) is 6.07 Å². The second-order valence-electron chi connectivity index (χ2n) is 10.8. The van der Waals surface area contributed by atoms with Gasteiger partial charge in [-0.15, -0.1) is 0 Å². The molecule has 2 aliphatic rings. The van der Waals surface area contributed by atoms with Crippen LogP contribution in [0.15, 0.2) is 60.9 Å². The van der Waals surface area contributed by atoms with Gasteiger partial charge in [-0.25, -0.2) is 9.78 Å². The third kappa shape index (κ3) is 6.07. The second-order valence-corrected chi connectivity index (χ2v) is 10.8. The van der Waals surface area contributed by atoms with Crippen molar-refractivity contribution in [1.82, 2.24) is 24.7 Å². The fourth-order valence-corrected chi connectivity index (χ4v) is 5.68. The molecule has 220 valence electrons. The van der Waals surface area contributed by atoms with Crippen molar-refractivity contribution in [3.63, 3.8) is 0 Å². The number of H-pyrrole nitrogens is 1. The molecular weight excluding hydrogens is 545 g/mol. The van der Waals surface area contributed by atoms with E-state index < -0.39 is 17.8 Å². The van der Waals surface area contributed by atoms with Crippen molar-refractivity contribution in [2.24, 2.45) is 0 Å². The van der Waals surface area contributed by atoms with E-state index in [1.54, 1.807) is 29.4 Å². The van der Waals surface area contributed by atoms with E-state index in [0.717, 1.165) is 61.0 Å². The number of nitrogens with zero attached hydrogens (tertiary/aromatic N) is 4. The average Bonchev–Trinajstić information content (AvgIpc) is 3.47. The molecule has 0 unspecified atom stereocenters. The maximum atomic E-state index is 14.1. The number of hydrogen-bond donors (Lipinski definition) is 2. The number of hydrogen-bond acceptors (Lipinski definition) is 5. The highest BCUT2D eigenvalue weighted by molar-refractivity contribution is 5.89. The summed E-state index contributed by atoms with van der Waals surface area (Å²) in [6, 6.07) is 13.1. The third-order valence-electron chi connectivity index (χ3n) is 8.10. The zero-order valence-corrected chi connectivity index (χ0v) is 23.4. The van der Waals surface area contributed by atoms with Crippen molar-refractivity contribution < 1.29 is 22.7 Å². The van der Waals surface area contributed by atoms with Gasteiger partial charge in [-0.05, 0) is 66.1 Å². The molecule has 2 amide bonds. The number of halogens is 3. The van der Waals surface area contributed by atoms with Crippen LogP contribution in [0.4, 0.5) is 23.7 Å². The molecule has 6 rings (SSSR count). The number of aromatic nitrogens is 2. The monoisotopic (exact) mass is 578 g/mol. The number of aromatic amines is 1. The van der Waals surface area contributed by atoms with Crippen LogP contribution in [0.3, 0.4) is 0 Å². The van der Waals surface area contributed by atoms with Gasteiger partial charge in [0, 0.05) is 63.9 Å². The molecule has 0 saturated carbocycles. The molecule has 4 heterocycles. The summed E-state index contributed by atoms with van der Waals surface area (Å²) >= 11 is 0. The summed E-state index contributed by atoms with van der Waals surface area (Å²) in [6.45, 7) is 7.18. The lowest BCUT2D eigenvalue weighted by molar-refractivity contribution is -0.138. The maximum absolute atomic E-state index is 14.1. The Hall–Kier alpha value is -4.09. The number of likely N-dealkylation sites (N-methyl/N-ethyl adjacent to an activating group) is 1. The van der Waals surface area contributed by atoms with E-state index in [4.69, 9.17) is 4.74 Å². The number of pyridine rings is 1. The lowest BCUT2D eigenvalue weighted by Crippen LogP contribution is -2.45. The van der Waals surface area contributed by atoms with Crippen LogP contribution in [0.25, 0.3) is 11.0 Å². The summed E-state index contributed by atoms with van der Waals surface area (Å²) in [7, 11) is 0. The number of nitrogens with one attached hydrogen (secondary N) is 2. The second kappa shape index (κ2) is 11.7. The molecule has 2 aliphatic heterocycles. The number of alkyl halides is 3. The van der Waals surface area contributed by atoms with Gasteiger partial charge in [0.05, 0.1) is 10.9 Å². The molecule has 1 saturated heterocycles. The Morgan fingerprint density at radius 3 is 2.60 bits per heavy atom. The first-order valence-corrected chi connectivity index (χ1v) is 14.2. The van der Waals surface area contributed by atoms with Crippen LogP contribution >= 0.6 is 0 Å². The summed E-state index contributed by atoms with van der Waals surface area (Å²) in [5.74, 6) is 1.30. The summed E-state index contributed by atoms with van der Waals surface area (Å²) in [6.07, 6.45) is -0.419. The van der Waals surface area contributed by atoms with Gasteiger partial charge in [-0.3, -0.25) is 4.90 Å². The van der Waals surface area contributed by atoms with Crippen LogP contribution in [-0.4, -0.2) is 70.0 Å². The minimum atomic E-state index is -4.53. The fourth-order valence-electron chi connectivity index (χ4n) is 5.68. The molecule has 11 heteroatoms. The minimum absolute atomic E-state index is 0.128. The molecule has 0 radical (unpaired) electrons. The van der Waals surface area contributed by atoms with Crippen LogP contribution in [0.5, 0.6) is 11.5 Å². The Labute approximate surface area is 242 Å². The quantitative estimate of drug-likeness (QED) is 0.289. The summed E-state index contributed by atoms with van der Waals surface area (Å²) in [5.41, 5.74) is 2.40. The average molecular weight is 579 g/mol. The van der Waals surface area contributed by atoms with Gasteiger partial charge in [0.15, 0.2) is 0 Å². The summed E-state index contributed by atoms with van der Waals surface area (Å²) in [5, 5.41) is 3.56. The number of ether oxygens (including phenoxy) is 1. The van der Waals surface area contributed by atoms with Crippen molar-refractivity contribution in [1.29, 1.82) is 0 Å². The topological polar surface area (TPSA) is 76.7 Å². The molecule has 0 bridgehead atoms. The molecule has 1 fully saturated rings. The summed E-state index contributed by atoms with van der Waals surface area (Å²) in [4.78, 5) is 26.5. The van der Waals surface area contributed by atoms with E-state index >= 15 is 0 Å². The normalized spacial score (nSPS) is 16.4. The van der Waals surface area contributed by atoms with Gasteiger partial charge in [-0.1, -0.05) is 19.1 Å². The van der Waals surface area contributed by atoms with Crippen molar-refractivity contribution in [2.75, 3.05) is 44.6 Å². The largest absolute Gasteiger partial charge is 0.457 e. The standard InChI is InChI=1S/C31H33F3N6O2/c1-2-38-13-15-39(16-14-38)19-22-3-5-24(18-27(22)31(32,33)34)37-30(41)40-12-9-21-4-6-25(17-23(21)20-40)42-28-8-11-36-29-26(28)7-10-35-29/h3-8,10-11,17-18H,2,9,12-16,19-20H2,1H3,(H,35,36)(H,37,41). The van der Waals surface area contributed by atoms with E-state index in [2.05, 4.69) is 27.1 Å². The highest BCUT2D eigenvalue weighted by Crippen LogP contribution is 2.35. The van der Waals surface area contributed by atoms with Gasteiger partial charge >= 0.3 is 12.2 Å². The van der Waals surface area contributed by atoms with Crippen molar-refractivity contribution >= 4 is 22.8 Å². The van der Waals surface area contributed by atoms with Crippen molar-refractivity contribution in [3.8, 4) is 11.5 Å². The first-order valence-electron chi connectivity index (χ1n) is 14.2. The summed E-state index contributed by atoms with van der Waals surface area (Å²) < 4.78 is 48.3. The number of piperazine rings is 1. The Bertz CT molecular complexity index is 1580. The van der Waals surface area contributed by atoms with Crippen LogP contribution < -0.4 is 10.1 Å². The Morgan fingerprint density at radius 1 is 1.00 bits per heavy atom. The molecule has 2 aromatic carbocycles. The Morgan fingerprint density at radius 2 is 1.81 bits per heavy atom. The lowest BCUT2D eigenvalue weighted by Gasteiger charge is -2.34. The molecule has 2 aromatic heterocycles. The third-order valence-corrected chi connectivity index (χ3v) is 8.10. The zero-order chi connectivity index (χ0) is 29.3. The van der Waals surface area contributed by atoms with E-state index in [0.29, 0.717) is 31.0 Å². The first kappa shape index (κ1) is 28.0. The minimum Gasteiger partial charge on any atom is -0.457 e. The molecule has 2 N–H and O–H groups in total. The van der Waals surface area contributed by atoms with Gasteiger partial charge in [0.1, 0.15) is 17.1 Å². The van der Waals surface area contributed by atoms with Crippen molar-refractivity contribution in [2.45, 2.75) is 32.6 Å². The van der Waals surface area contributed by atoms with Gasteiger partial charge < -0.3 is 24.8 Å². The smallest absolute Gasteiger partial charge is 0.416 e. The molecule has 4 aromatic rings. The molecular formula is C31H33F3N6O2. The molecule has 0 aliphatic carbocycles. The predicted octanol–water partition coefficient (Wildman–Crippen LogP) is 6.10. The molecule has 0 spiro atoms. The van der Waals surface area contributed by atoms with Crippen LogP contribution in [0.1, 0.15) is 29.2 Å². The highest BCUT2D eigenvalue weighted by Gasteiger charge is 2.34. The van der Waals surface area contributed by atoms with Gasteiger partial charge in [-0.2, -0.15) is 13.2 Å². The molecule has 0 atom stereocenters. The Balaban J connectivity index is 1.13. The fraction of sp³-hybridized carbons (Fsp3) is 0.355. The molecule has 42 heavy (non-hydrogen) atoms. The molecule has 8 nitrogen and oxygen atoms in total. The number of fused-ring (bicyclic) bond motifs is 2. The van der Waals surface area contributed by atoms with Crippen LogP contribution in [-0.2, 0) is 25.7 Å². The Kier molecular flexibility index (Phi) is 7.78. The van der Waals surface area contributed by atoms with E-state index in [9.17, 15) is 18.0 Å². The SMILES string of the molecule is CCN1CCN(Cc2ccc(NC(=O)N3CCc4ccc(Oc5ccnc6[nH]ccc56)cc4C3)cc2C(F)(F)F)CC1. The highest BCUT2D eigenvalue weighted by atomic mass is 19.4. The number of carbonyl (C=O) groups is 1. The number of anilines is 1. The zero-order valence-electron chi connectivity index (χ0n) is 23.4. The maximum Gasteiger partial charge on any atom is 0.416 e. The van der Waals surface area contributed by atoms with E-state index in [1.807, 2.05) is 29.2 Å². The number of rotatable bonds is 6. The van der Waals surface area contributed by atoms with Gasteiger partial charge in [0.25, 0.3) is 0 Å². The first-order chi connectivity index (χ1) is 20.3.